The molecule has 0 N–H and O–H groups in total. The number of hydrogen-bond donors (Lipinski definition) is 0. The summed E-state index contributed by atoms with van der Waals surface area (Å²) in [7, 11) is 0. The highest BCUT2D eigenvalue weighted by atomic mass is 16.5. The predicted octanol–water partition coefficient (Wildman–Crippen LogP) is 2.36. The molecule has 1 fully saturated rings. The van der Waals surface area contributed by atoms with Crippen molar-refractivity contribution in [1.82, 2.24) is 0 Å². The summed E-state index contributed by atoms with van der Waals surface area (Å²) in [4.78, 5) is 22.3. The maximum Gasteiger partial charge on any atom is 0.310 e. The van der Waals surface area contributed by atoms with Gasteiger partial charge < -0.3 is 4.74 Å². The molecule has 0 amide bonds. The molecule has 90 valence electrons. The van der Waals surface area contributed by atoms with E-state index in [1.807, 2.05) is 26.8 Å². The molecule has 2 atom stereocenters. The normalized spacial score (nSPS) is 27.4. The fourth-order valence-electron chi connectivity index (χ4n) is 2.05. The smallest absolute Gasteiger partial charge is 0.310 e. The molecule has 1 aliphatic rings. The van der Waals surface area contributed by atoms with Crippen molar-refractivity contribution in [2.24, 2.45) is 17.3 Å². The van der Waals surface area contributed by atoms with Crippen LogP contribution in [0.1, 0.15) is 34.1 Å². The van der Waals surface area contributed by atoms with Gasteiger partial charge in [0.1, 0.15) is 6.29 Å². The fraction of sp³-hybridized carbons (Fsp3) is 0.692. The summed E-state index contributed by atoms with van der Waals surface area (Å²) in [5.74, 6) is -0.0807. The first-order valence-electron chi connectivity index (χ1n) is 5.75. The zero-order chi connectivity index (χ0) is 12.3. The quantitative estimate of drug-likeness (QED) is 0.409. The van der Waals surface area contributed by atoms with Gasteiger partial charge in [-0.2, -0.15) is 0 Å². The third-order valence-electron chi connectivity index (χ3n) is 3.24. The summed E-state index contributed by atoms with van der Waals surface area (Å²) in [5.41, 5.74) is 0.610. The molecular formula is C13H20O3. The number of carbonyl (C=O) groups excluding carboxylic acids is 2. The van der Waals surface area contributed by atoms with Gasteiger partial charge in [0.2, 0.25) is 0 Å². The van der Waals surface area contributed by atoms with Crippen molar-refractivity contribution >= 4 is 12.3 Å². The molecule has 0 aromatic rings. The molecule has 0 aromatic heterocycles. The lowest BCUT2D eigenvalue weighted by Crippen LogP contribution is -2.11. The van der Waals surface area contributed by atoms with Crippen molar-refractivity contribution < 1.29 is 14.3 Å². The number of rotatable bonds is 5. The van der Waals surface area contributed by atoms with Crippen LogP contribution in [0.25, 0.3) is 0 Å². The third-order valence-corrected chi connectivity index (χ3v) is 3.24. The molecule has 0 radical (unpaired) electrons. The van der Waals surface area contributed by atoms with Crippen LogP contribution in [0.5, 0.6) is 0 Å². The molecule has 3 heteroatoms. The van der Waals surface area contributed by atoms with Crippen LogP contribution in [-0.4, -0.2) is 18.9 Å². The van der Waals surface area contributed by atoms with Crippen molar-refractivity contribution in [3.63, 3.8) is 0 Å². The highest BCUT2D eigenvalue weighted by molar-refractivity contribution is 5.79. The van der Waals surface area contributed by atoms with E-state index in [0.717, 1.165) is 12.7 Å². The SMILES string of the molecule is CCCOC(=O)C1C(/C=C(\C)C=O)C1(C)C. The molecule has 3 nitrogen and oxygen atoms in total. The van der Waals surface area contributed by atoms with Crippen LogP contribution in [0.15, 0.2) is 11.6 Å². The first-order valence-corrected chi connectivity index (χ1v) is 5.75. The molecule has 16 heavy (non-hydrogen) atoms. The van der Waals surface area contributed by atoms with E-state index in [9.17, 15) is 9.59 Å². The summed E-state index contributed by atoms with van der Waals surface area (Å²) in [6.07, 6.45) is 3.54. The summed E-state index contributed by atoms with van der Waals surface area (Å²) in [6, 6.07) is 0. The Hall–Kier alpha value is -1.12. The standard InChI is InChI=1S/C13H20O3/c1-5-6-16-12(15)11-10(13(11,3)4)7-9(2)8-14/h7-8,10-11H,5-6H2,1-4H3/b9-7+. The Morgan fingerprint density at radius 3 is 2.56 bits per heavy atom. The van der Waals surface area contributed by atoms with Gasteiger partial charge >= 0.3 is 5.97 Å². The maximum atomic E-state index is 11.7. The molecule has 0 aliphatic heterocycles. The van der Waals surface area contributed by atoms with Crippen molar-refractivity contribution in [1.29, 1.82) is 0 Å². The number of hydrogen-bond acceptors (Lipinski definition) is 3. The minimum absolute atomic E-state index is 0.0743. The Balaban J connectivity index is 2.63. The molecule has 0 saturated heterocycles. The van der Waals surface area contributed by atoms with E-state index in [1.54, 1.807) is 6.92 Å². The topological polar surface area (TPSA) is 43.4 Å². The second-order valence-electron chi connectivity index (χ2n) is 5.02. The van der Waals surface area contributed by atoms with Gasteiger partial charge in [-0.1, -0.05) is 26.8 Å². The Kier molecular flexibility index (Phi) is 3.89. The number of ether oxygens (including phenoxy) is 1. The van der Waals surface area contributed by atoms with Gasteiger partial charge in [0, 0.05) is 0 Å². The van der Waals surface area contributed by atoms with E-state index in [1.165, 1.54) is 0 Å². The van der Waals surface area contributed by atoms with E-state index in [-0.39, 0.29) is 23.2 Å². The molecule has 1 rings (SSSR count). The fourth-order valence-corrected chi connectivity index (χ4v) is 2.05. The predicted molar refractivity (Wildman–Crippen MR) is 61.8 cm³/mol. The van der Waals surface area contributed by atoms with Gasteiger partial charge in [0.05, 0.1) is 12.5 Å². The van der Waals surface area contributed by atoms with Crippen molar-refractivity contribution in [2.75, 3.05) is 6.61 Å². The largest absolute Gasteiger partial charge is 0.465 e. The minimum atomic E-state index is -0.133. The first-order chi connectivity index (χ1) is 7.45. The van der Waals surface area contributed by atoms with Crippen molar-refractivity contribution in [3.8, 4) is 0 Å². The van der Waals surface area contributed by atoms with Gasteiger partial charge in [0.25, 0.3) is 0 Å². The lowest BCUT2D eigenvalue weighted by Gasteiger charge is -2.03. The van der Waals surface area contributed by atoms with E-state index >= 15 is 0 Å². The van der Waals surface area contributed by atoms with E-state index in [2.05, 4.69) is 0 Å². The summed E-state index contributed by atoms with van der Waals surface area (Å²) in [6.45, 7) is 8.28. The monoisotopic (exact) mass is 224 g/mol. The number of carbonyl (C=O) groups is 2. The van der Waals surface area contributed by atoms with Gasteiger partial charge in [0.15, 0.2) is 0 Å². The van der Waals surface area contributed by atoms with Crippen LogP contribution in [0.3, 0.4) is 0 Å². The summed E-state index contributed by atoms with van der Waals surface area (Å²) >= 11 is 0. The Labute approximate surface area is 96.9 Å². The molecule has 2 unspecified atom stereocenters. The second kappa shape index (κ2) is 4.81. The third kappa shape index (κ3) is 2.52. The first kappa shape index (κ1) is 12.9. The Bertz CT molecular complexity index is 315. The maximum absolute atomic E-state index is 11.7. The molecule has 0 spiro atoms. The summed E-state index contributed by atoms with van der Waals surface area (Å²) in [5, 5.41) is 0. The second-order valence-corrected chi connectivity index (χ2v) is 5.02. The highest BCUT2D eigenvalue weighted by Crippen LogP contribution is 2.59. The minimum Gasteiger partial charge on any atom is -0.465 e. The van der Waals surface area contributed by atoms with Gasteiger partial charge in [-0.3, -0.25) is 9.59 Å². The molecule has 0 aromatic carbocycles. The van der Waals surface area contributed by atoms with Crippen LogP contribution in [-0.2, 0) is 14.3 Å². The zero-order valence-corrected chi connectivity index (χ0v) is 10.4. The lowest BCUT2D eigenvalue weighted by molar-refractivity contribution is -0.146. The van der Waals surface area contributed by atoms with Crippen molar-refractivity contribution in [2.45, 2.75) is 34.1 Å². The van der Waals surface area contributed by atoms with Gasteiger partial charge in [-0.05, 0) is 30.3 Å². The van der Waals surface area contributed by atoms with Crippen LogP contribution < -0.4 is 0 Å². The van der Waals surface area contributed by atoms with Crippen LogP contribution in [0.2, 0.25) is 0 Å². The zero-order valence-electron chi connectivity index (χ0n) is 10.4. The summed E-state index contributed by atoms with van der Waals surface area (Å²) < 4.78 is 5.14. The van der Waals surface area contributed by atoms with E-state index < -0.39 is 0 Å². The van der Waals surface area contributed by atoms with Gasteiger partial charge in [-0.15, -0.1) is 0 Å². The van der Waals surface area contributed by atoms with Crippen LogP contribution in [0.4, 0.5) is 0 Å². The van der Waals surface area contributed by atoms with E-state index in [4.69, 9.17) is 4.74 Å². The molecule has 1 aliphatic carbocycles. The molecule has 1 saturated carbocycles. The number of allylic oxidation sites excluding steroid dienone is 2. The Morgan fingerprint density at radius 1 is 1.44 bits per heavy atom. The molecule has 0 bridgehead atoms. The van der Waals surface area contributed by atoms with Gasteiger partial charge in [-0.25, -0.2) is 0 Å². The molecular weight excluding hydrogens is 204 g/mol. The average Bonchev–Trinajstić information content (AvgIpc) is 2.77. The Morgan fingerprint density at radius 2 is 2.06 bits per heavy atom. The number of aldehydes is 1. The average molecular weight is 224 g/mol. The number of esters is 1. The van der Waals surface area contributed by atoms with Crippen LogP contribution >= 0.6 is 0 Å². The van der Waals surface area contributed by atoms with Crippen molar-refractivity contribution in [3.05, 3.63) is 11.6 Å². The highest BCUT2D eigenvalue weighted by Gasteiger charge is 2.61. The van der Waals surface area contributed by atoms with E-state index in [0.29, 0.717) is 12.2 Å². The lowest BCUT2D eigenvalue weighted by atomic mass is 10.1. The molecule has 0 heterocycles. The van der Waals surface area contributed by atoms with Crippen LogP contribution in [0, 0.1) is 17.3 Å².